The summed E-state index contributed by atoms with van der Waals surface area (Å²) >= 11 is 0. The van der Waals surface area contributed by atoms with Crippen molar-refractivity contribution in [1.82, 2.24) is 5.32 Å². The number of benzene rings is 1. The van der Waals surface area contributed by atoms with Crippen molar-refractivity contribution in [2.24, 2.45) is 5.92 Å². The van der Waals surface area contributed by atoms with Gasteiger partial charge in [-0.25, -0.2) is 0 Å². The predicted molar refractivity (Wildman–Crippen MR) is 84.2 cm³/mol. The number of nitriles is 1. The van der Waals surface area contributed by atoms with Crippen LogP contribution in [-0.2, 0) is 6.42 Å². The van der Waals surface area contributed by atoms with E-state index in [1.165, 1.54) is 36.9 Å². The summed E-state index contributed by atoms with van der Waals surface area (Å²) in [5.41, 5.74) is 2.43. The van der Waals surface area contributed by atoms with Gasteiger partial charge in [0, 0.05) is 17.8 Å². The van der Waals surface area contributed by atoms with E-state index in [9.17, 15) is 5.26 Å². The first-order valence-electron chi connectivity index (χ1n) is 8.25. The molecule has 3 nitrogen and oxygen atoms in total. The second-order valence-corrected chi connectivity index (χ2v) is 7.09. The molecule has 2 unspecified atom stereocenters. The maximum Gasteiger partial charge on any atom is 0.127 e. The first kappa shape index (κ1) is 13.2. The fourth-order valence-corrected chi connectivity index (χ4v) is 3.76. The number of nitrogens with one attached hydrogen (secondary N) is 1. The molecule has 110 valence electrons. The quantitative estimate of drug-likeness (QED) is 0.902. The summed E-state index contributed by atoms with van der Waals surface area (Å²) in [6, 6.07) is 12.4. The van der Waals surface area contributed by atoms with Crippen molar-refractivity contribution >= 4 is 5.69 Å². The summed E-state index contributed by atoms with van der Waals surface area (Å²) in [7, 11) is 0. The number of nitrogens with zero attached hydrogens (tertiary/aromatic N) is 2. The number of para-hydroxylation sites is 1. The van der Waals surface area contributed by atoms with Crippen LogP contribution in [0.25, 0.3) is 0 Å². The highest BCUT2D eigenvalue weighted by molar-refractivity contribution is 5.60. The largest absolute Gasteiger partial charge is 0.365 e. The summed E-state index contributed by atoms with van der Waals surface area (Å²) < 4.78 is 0. The van der Waals surface area contributed by atoms with Crippen LogP contribution in [0.1, 0.15) is 38.2 Å². The van der Waals surface area contributed by atoms with Crippen molar-refractivity contribution in [2.75, 3.05) is 11.4 Å². The minimum atomic E-state index is -0.340. The number of hydrogen-bond donors (Lipinski definition) is 1. The lowest BCUT2D eigenvalue weighted by molar-refractivity contribution is 0.354. The Morgan fingerprint density at radius 2 is 2.05 bits per heavy atom. The molecule has 1 N–H and O–H groups in total. The van der Waals surface area contributed by atoms with E-state index in [4.69, 9.17) is 0 Å². The van der Waals surface area contributed by atoms with E-state index in [2.05, 4.69) is 47.5 Å². The predicted octanol–water partition coefficient (Wildman–Crippen LogP) is 2.86. The fraction of sp³-hybridized carbons (Fsp3) is 0.611. The second-order valence-electron chi connectivity index (χ2n) is 7.09. The molecular weight excluding hydrogens is 258 g/mol. The van der Waals surface area contributed by atoms with Crippen molar-refractivity contribution in [2.45, 2.75) is 56.7 Å². The van der Waals surface area contributed by atoms with Gasteiger partial charge in [0.1, 0.15) is 5.54 Å². The maximum absolute atomic E-state index is 9.92. The Morgan fingerprint density at radius 3 is 2.71 bits per heavy atom. The van der Waals surface area contributed by atoms with E-state index < -0.39 is 0 Å². The van der Waals surface area contributed by atoms with Gasteiger partial charge in [0.15, 0.2) is 0 Å². The van der Waals surface area contributed by atoms with Crippen LogP contribution in [0.15, 0.2) is 24.3 Å². The number of fused-ring (bicyclic) bond motifs is 1. The average Bonchev–Trinajstić information content (AvgIpc) is 3.38. The van der Waals surface area contributed by atoms with E-state index in [1.54, 1.807) is 0 Å². The van der Waals surface area contributed by atoms with Gasteiger partial charge in [0.25, 0.3) is 0 Å². The van der Waals surface area contributed by atoms with Crippen molar-refractivity contribution in [1.29, 1.82) is 5.26 Å². The molecule has 0 bridgehead atoms. The topological polar surface area (TPSA) is 39.1 Å². The highest BCUT2D eigenvalue weighted by Crippen LogP contribution is 2.43. The Labute approximate surface area is 126 Å². The highest BCUT2D eigenvalue weighted by Gasteiger charge is 2.50. The molecule has 0 aromatic heterocycles. The number of hydrogen-bond acceptors (Lipinski definition) is 3. The third-order valence-corrected chi connectivity index (χ3v) is 5.28. The third kappa shape index (κ3) is 2.32. The van der Waals surface area contributed by atoms with Crippen molar-refractivity contribution in [3.63, 3.8) is 0 Å². The summed E-state index contributed by atoms with van der Waals surface area (Å²) in [5.74, 6) is 0.545. The molecule has 2 saturated carbocycles. The van der Waals surface area contributed by atoms with Crippen LogP contribution in [0, 0.1) is 17.2 Å². The van der Waals surface area contributed by atoms with Gasteiger partial charge >= 0.3 is 0 Å². The van der Waals surface area contributed by atoms with Crippen LogP contribution in [0.3, 0.4) is 0 Å². The van der Waals surface area contributed by atoms with Gasteiger partial charge in [-0.3, -0.25) is 5.32 Å². The molecule has 1 aromatic rings. The molecule has 0 radical (unpaired) electrons. The van der Waals surface area contributed by atoms with E-state index >= 15 is 0 Å². The van der Waals surface area contributed by atoms with E-state index in [-0.39, 0.29) is 5.54 Å². The molecule has 2 fully saturated rings. The van der Waals surface area contributed by atoms with Crippen LogP contribution in [-0.4, -0.2) is 24.2 Å². The van der Waals surface area contributed by atoms with Crippen LogP contribution < -0.4 is 10.2 Å². The van der Waals surface area contributed by atoms with Crippen LogP contribution in [0.4, 0.5) is 5.69 Å². The summed E-state index contributed by atoms with van der Waals surface area (Å²) in [5, 5.41) is 13.6. The van der Waals surface area contributed by atoms with Gasteiger partial charge in [0.2, 0.25) is 0 Å². The second kappa shape index (κ2) is 4.74. The third-order valence-electron chi connectivity index (χ3n) is 5.28. The smallest absolute Gasteiger partial charge is 0.127 e. The molecule has 2 atom stereocenters. The van der Waals surface area contributed by atoms with Crippen LogP contribution in [0.5, 0.6) is 0 Å². The van der Waals surface area contributed by atoms with Gasteiger partial charge in [-0.15, -0.1) is 0 Å². The Bertz CT molecular complexity index is 582. The average molecular weight is 281 g/mol. The minimum absolute atomic E-state index is 0.340. The molecule has 0 spiro atoms. The molecule has 0 saturated heterocycles. The Balaban J connectivity index is 1.62. The normalized spacial score (nSPS) is 27.0. The molecular formula is C18H23N3. The van der Waals surface area contributed by atoms with Crippen molar-refractivity contribution in [3.8, 4) is 6.07 Å². The van der Waals surface area contributed by atoms with E-state index in [0.29, 0.717) is 18.0 Å². The molecule has 1 heterocycles. The maximum atomic E-state index is 9.92. The van der Waals surface area contributed by atoms with Crippen LogP contribution >= 0.6 is 0 Å². The highest BCUT2D eigenvalue weighted by atomic mass is 15.2. The zero-order valence-corrected chi connectivity index (χ0v) is 12.7. The molecule has 1 aliphatic heterocycles. The number of rotatable bonds is 5. The van der Waals surface area contributed by atoms with E-state index in [1.807, 2.05) is 0 Å². The van der Waals surface area contributed by atoms with Crippen LogP contribution in [0.2, 0.25) is 0 Å². The van der Waals surface area contributed by atoms with Gasteiger partial charge in [-0.05, 0) is 56.6 Å². The fourth-order valence-electron chi connectivity index (χ4n) is 3.76. The van der Waals surface area contributed by atoms with Gasteiger partial charge in [-0.2, -0.15) is 5.26 Å². The van der Waals surface area contributed by atoms with Gasteiger partial charge < -0.3 is 4.90 Å². The minimum Gasteiger partial charge on any atom is -0.365 e. The summed E-state index contributed by atoms with van der Waals surface area (Å²) in [6.07, 6.45) is 5.99. The van der Waals surface area contributed by atoms with E-state index in [0.717, 1.165) is 13.0 Å². The van der Waals surface area contributed by atoms with Crippen molar-refractivity contribution in [3.05, 3.63) is 29.8 Å². The lowest BCUT2D eigenvalue weighted by Crippen LogP contribution is -2.56. The Hall–Kier alpha value is -1.53. The van der Waals surface area contributed by atoms with Gasteiger partial charge in [-0.1, -0.05) is 18.2 Å². The molecule has 2 aliphatic carbocycles. The first-order valence-corrected chi connectivity index (χ1v) is 8.25. The lowest BCUT2D eigenvalue weighted by Gasteiger charge is -2.36. The zero-order valence-electron chi connectivity index (χ0n) is 12.7. The summed E-state index contributed by atoms with van der Waals surface area (Å²) in [4.78, 5) is 2.46. The molecule has 0 amide bonds. The molecule has 4 rings (SSSR count). The molecule has 3 aliphatic rings. The molecule has 1 aromatic carbocycles. The Morgan fingerprint density at radius 1 is 1.29 bits per heavy atom. The number of anilines is 1. The molecule has 21 heavy (non-hydrogen) atoms. The lowest BCUT2D eigenvalue weighted by atomic mass is 9.93. The molecule has 3 heteroatoms. The van der Waals surface area contributed by atoms with Gasteiger partial charge in [0.05, 0.1) is 12.6 Å². The monoisotopic (exact) mass is 281 g/mol. The summed E-state index contributed by atoms with van der Waals surface area (Å²) in [6.45, 7) is 3.12. The van der Waals surface area contributed by atoms with Crippen molar-refractivity contribution < 1.29 is 0 Å². The first-order chi connectivity index (χ1) is 10.2. The standard InChI is InChI=1S/C18H23N3/c1-13-10-14-4-2-3-5-17(14)21(13)12-18(11-19,15-6-7-15)20-16-8-9-16/h2-5,13,15-16,20H,6-10,12H2,1H3. The zero-order chi connectivity index (χ0) is 14.4. The Kier molecular flexibility index (Phi) is 2.97. The SMILES string of the molecule is CC1Cc2ccccc2N1CC(C#N)(NC1CC1)C1CC1.